The van der Waals surface area contributed by atoms with Crippen molar-refractivity contribution in [3.05, 3.63) is 0 Å². The fourth-order valence-corrected chi connectivity index (χ4v) is 8.68. The molecule has 0 radical (unpaired) electrons. The van der Waals surface area contributed by atoms with Crippen LogP contribution in [0, 0.1) is 28.6 Å². The topological polar surface area (TPSA) is 80.7 Å². The van der Waals surface area contributed by atoms with Crippen LogP contribution >= 0.6 is 11.6 Å². The van der Waals surface area contributed by atoms with Crippen molar-refractivity contribution in [3.8, 4) is 0 Å². The van der Waals surface area contributed by atoms with E-state index in [2.05, 4.69) is 6.92 Å². The van der Waals surface area contributed by atoms with Crippen molar-refractivity contribution in [2.45, 2.75) is 95.1 Å². The smallest absolute Gasteiger partial charge is 0.306 e. The first-order valence-electron chi connectivity index (χ1n) is 11.7. The number of aliphatic hydroxyl groups excluding tert-OH is 1. The van der Waals surface area contributed by atoms with E-state index in [1.807, 2.05) is 6.92 Å². The van der Waals surface area contributed by atoms with Crippen molar-refractivity contribution in [2.75, 3.05) is 6.67 Å². The Labute approximate surface area is 188 Å². The number of alkyl halides is 2. The van der Waals surface area contributed by atoms with Crippen LogP contribution in [0.1, 0.15) is 78.6 Å². The zero-order valence-corrected chi connectivity index (χ0v) is 19.5. The lowest BCUT2D eigenvalue weighted by Crippen LogP contribution is -2.70. The highest BCUT2D eigenvalue weighted by Gasteiger charge is 2.75. The van der Waals surface area contributed by atoms with Gasteiger partial charge in [0, 0.05) is 24.7 Å². The van der Waals surface area contributed by atoms with E-state index in [4.69, 9.17) is 16.3 Å². The van der Waals surface area contributed by atoms with Crippen molar-refractivity contribution < 1.29 is 28.6 Å². The lowest BCUT2D eigenvalue weighted by Gasteiger charge is -2.66. The number of esters is 1. The molecular formula is C24H34ClFO5. The van der Waals surface area contributed by atoms with E-state index in [9.17, 15) is 23.9 Å². The summed E-state index contributed by atoms with van der Waals surface area (Å²) >= 11 is 7.43. The predicted octanol–water partition coefficient (Wildman–Crippen LogP) is 4.16. The van der Waals surface area contributed by atoms with Crippen molar-refractivity contribution in [2.24, 2.45) is 28.6 Å². The molecule has 0 unspecified atom stereocenters. The van der Waals surface area contributed by atoms with Crippen LogP contribution < -0.4 is 0 Å². The molecule has 4 aliphatic rings. The summed E-state index contributed by atoms with van der Waals surface area (Å²) in [5.41, 5.74) is -2.82. The molecule has 5 nitrogen and oxygen atoms in total. The van der Waals surface area contributed by atoms with Gasteiger partial charge in [-0.2, -0.15) is 0 Å². The van der Waals surface area contributed by atoms with Crippen LogP contribution in [-0.2, 0) is 19.1 Å². The first-order valence-corrected chi connectivity index (χ1v) is 12.1. The molecule has 0 aromatic heterocycles. The second kappa shape index (κ2) is 7.51. The van der Waals surface area contributed by atoms with Gasteiger partial charge in [-0.05, 0) is 61.7 Å². The van der Waals surface area contributed by atoms with Crippen LogP contribution in [0.2, 0.25) is 0 Å². The molecule has 0 spiro atoms. The molecule has 0 saturated heterocycles. The van der Waals surface area contributed by atoms with Gasteiger partial charge in [0.2, 0.25) is 5.78 Å². The Morgan fingerprint density at radius 1 is 1.16 bits per heavy atom. The van der Waals surface area contributed by atoms with E-state index in [0.29, 0.717) is 25.7 Å². The SMILES string of the molecule is CCC(=O)O[C@]1(C(=O)CF)CC[C@H]2[C@@H]3CC[C@@H]4CC(=O)CC[C@]4(C)[C@@]3(Cl)[C@@H](O)C[C@@]21C. The molecule has 7 heteroatoms. The summed E-state index contributed by atoms with van der Waals surface area (Å²) < 4.78 is 19.5. The van der Waals surface area contributed by atoms with Crippen molar-refractivity contribution in [3.63, 3.8) is 0 Å². The predicted molar refractivity (Wildman–Crippen MR) is 113 cm³/mol. The maximum atomic E-state index is 13.7. The summed E-state index contributed by atoms with van der Waals surface area (Å²) in [7, 11) is 0. The third-order valence-electron chi connectivity index (χ3n) is 9.82. The fraction of sp³-hybridized carbons (Fsp3) is 0.875. The van der Waals surface area contributed by atoms with Gasteiger partial charge in [0.1, 0.15) is 5.78 Å². The monoisotopic (exact) mass is 456 g/mol. The highest BCUT2D eigenvalue weighted by molar-refractivity contribution is 6.25. The Bertz CT molecular complexity index is 803. The lowest BCUT2D eigenvalue weighted by atomic mass is 9.43. The molecule has 4 rings (SSSR count). The standard InChI is InChI=1S/C24H34ClFO5/c1-4-20(30)31-23(19(29)13-26)10-8-16-17-6-5-14-11-15(27)7-9-21(14,2)24(17,25)18(28)12-22(16,23)3/h14,16-18,28H,4-13H2,1-3H3/t14-,16+,17+,18+,21+,22+,23+,24+/m1/s1. The molecule has 0 aromatic carbocycles. The van der Waals surface area contributed by atoms with Gasteiger partial charge in [0.25, 0.3) is 0 Å². The van der Waals surface area contributed by atoms with Crippen molar-refractivity contribution in [1.29, 1.82) is 0 Å². The first-order chi connectivity index (χ1) is 14.5. The van der Waals surface area contributed by atoms with E-state index >= 15 is 0 Å². The number of rotatable bonds is 4. The molecular weight excluding hydrogens is 423 g/mol. The molecule has 1 N–H and O–H groups in total. The molecule has 0 bridgehead atoms. The van der Waals surface area contributed by atoms with Crippen LogP contribution in [0.15, 0.2) is 0 Å². The molecule has 0 aliphatic heterocycles. The molecule has 0 heterocycles. The molecule has 0 amide bonds. The zero-order chi connectivity index (χ0) is 22.8. The molecule has 8 atom stereocenters. The second-order valence-corrected chi connectivity index (χ2v) is 11.4. The van der Waals surface area contributed by atoms with Gasteiger partial charge in [-0.1, -0.05) is 20.8 Å². The zero-order valence-electron chi connectivity index (χ0n) is 18.7. The third-order valence-corrected chi connectivity index (χ3v) is 10.8. The van der Waals surface area contributed by atoms with E-state index < -0.39 is 40.4 Å². The normalized spacial score (nSPS) is 49.0. The Kier molecular flexibility index (Phi) is 5.61. The maximum absolute atomic E-state index is 13.7. The lowest BCUT2D eigenvalue weighted by molar-refractivity contribution is -0.204. The van der Waals surface area contributed by atoms with E-state index in [0.717, 1.165) is 12.8 Å². The van der Waals surface area contributed by atoms with Crippen LogP contribution in [0.3, 0.4) is 0 Å². The van der Waals surface area contributed by atoms with Crippen molar-refractivity contribution >= 4 is 29.1 Å². The molecule has 4 aliphatic carbocycles. The number of aliphatic hydroxyl groups is 1. The van der Waals surface area contributed by atoms with Gasteiger partial charge < -0.3 is 9.84 Å². The number of Topliss-reactive ketones (excluding diaryl/α,β-unsaturated/α-hetero) is 2. The minimum atomic E-state index is -1.56. The number of halogens is 2. The number of carbonyl (C=O) groups is 3. The molecule has 0 aromatic rings. The molecule has 31 heavy (non-hydrogen) atoms. The Balaban J connectivity index is 1.77. The molecule has 174 valence electrons. The minimum Gasteiger partial charge on any atom is -0.450 e. The summed E-state index contributed by atoms with van der Waals surface area (Å²) in [6, 6.07) is 0. The second-order valence-electron chi connectivity index (χ2n) is 10.8. The van der Waals surface area contributed by atoms with Crippen LogP contribution in [0.4, 0.5) is 4.39 Å². The van der Waals surface area contributed by atoms with Crippen LogP contribution in [0.5, 0.6) is 0 Å². The number of fused-ring (bicyclic) bond motifs is 5. The summed E-state index contributed by atoms with van der Waals surface area (Å²) in [6.45, 7) is 4.44. The minimum absolute atomic E-state index is 0.0658. The van der Waals surface area contributed by atoms with Gasteiger partial charge in [-0.3, -0.25) is 14.4 Å². The number of ether oxygens (including phenoxy) is 1. The third kappa shape index (κ3) is 2.86. The summed E-state index contributed by atoms with van der Waals surface area (Å²) in [5, 5.41) is 11.6. The maximum Gasteiger partial charge on any atom is 0.306 e. The summed E-state index contributed by atoms with van der Waals surface area (Å²) in [6.07, 6.45) is 3.42. The Morgan fingerprint density at radius 3 is 2.52 bits per heavy atom. The van der Waals surface area contributed by atoms with Crippen LogP contribution in [0.25, 0.3) is 0 Å². The number of carbonyl (C=O) groups excluding carboxylic acids is 3. The Morgan fingerprint density at radius 2 is 1.87 bits per heavy atom. The molecule has 4 fully saturated rings. The number of hydrogen-bond donors (Lipinski definition) is 1. The van der Waals surface area contributed by atoms with E-state index in [-0.39, 0.29) is 48.2 Å². The summed E-state index contributed by atoms with van der Waals surface area (Å²) in [5.74, 6) is -0.996. The first kappa shape index (κ1) is 23.2. The average Bonchev–Trinajstić information content (AvgIpc) is 3.01. The highest BCUT2D eigenvalue weighted by atomic mass is 35.5. The number of ketones is 2. The van der Waals surface area contributed by atoms with Crippen molar-refractivity contribution in [1.82, 2.24) is 0 Å². The summed E-state index contributed by atoms with van der Waals surface area (Å²) in [4.78, 5) is 36.4. The van der Waals surface area contributed by atoms with Gasteiger partial charge in [0.15, 0.2) is 12.3 Å². The quantitative estimate of drug-likeness (QED) is 0.507. The van der Waals surface area contributed by atoms with Gasteiger partial charge in [-0.25, -0.2) is 4.39 Å². The van der Waals surface area contributed by atoms with Gasteiger partial charge >= 0.3 is 5.97 Å². The van der Waals surface area contributed by atoms with Gasteiger partial charge in [-0.15, -0.1) is 11.6 Å². The van der Waals surface area contributed by atoms with E-state index in [1.165, 1.54) is 0 Å². The Hall–Kier alpha value is -1.01. The fourth-order valence-electron chi connectivity index (χ4n) is 8.10. The molecule has 4 saturated carbocycles. The number of hydrogen-bond acceptors (Lipinski definition) is 5. The van der Waals surface area contributed by atoms with Gasteiger partial charge in [0.05, 0.1) is 11.0 Å². The average molecular weight is 457 g/mol. The highest BCUT2D eigenvalue weighted by Crippen LogP contribution is 2.72. The largest absolute Gasteiger partial charge is 0.450 e. The van der Waals surface area contributed by atoms with Crippen LogP contribution in [-0.4, -0.2) is 45.9 Å². The van der Waals surface area contributed by atoms with E-state index in [1.54, 1.807) is 6.92 Å².